The fraction of sp³-hybridized carbons (Fsp3) is 0.400. The van der Waals surface area contributed by atoms with Gasteiger partial charge in [0.1, 0.15) is 0 Å². The van der Waals surface area contributed by atoms with Gasteiger partial charge in [-0.05, 0) is 13.3 Å². The minimum absolute atomic E-state index is 0.626. The van der Waals surface area contributed by atoms with Gasteiger partial charge in [-0.1, -0.05) is 36.8 Å². The zero-order valence-corrected chi connectivity index (χ0v) is 12.5. The third-order valence-electron chi connectivity index (χ3n) is 2.87. The van der Waals surface area contributed by atoms with E-state index in [1.54, 1.807) is 0 Å². The summed E-state index contributed by atoms with van der Waals surface area (Å²) < 4.78 is 0. The summed E-state index contributed by atoms with van der Waals surface area (Å²) >= 11 is 0. The number of anilines is 2. The Morgan fingerprint density at radius 2 is 1.75 bits per heavy atom. The molecule has 0 atom stereocenters. The maximum Gasteiger partial charge on any atom is 0.230 e. The van der Waals surface area contributed by atoms with Gasteiger partial charge < -0.3 is 10.2 Å². The molecule has 0 saturated heterocycles. The van der Waals surface area contributed by atoms with Crippen LogP contribution in [0.25, 0.3) is 11.4 Å². The molecule has 0 saturated carbocycles. The van der Waals surface area contributed by atoms with Crippen molar-refractivity contribution < 1.29 is 0 Å². The van der Waals surface area contributed by atoms with E-state index in [1.807, 2.05) is 31.1 Å². The predicted molar refractivity (Wildman–Crippen MR) is 83.1 cm³/mol. The Morgan fingerprint density at radius 3 is 2.35 bits per heavy atom. The second kappa shape index (κ2) is 6.32. The Kier molecular flexibility index (Phi) is 4.50. The summed E-state index contributed by atoms with van der Waals surface area (Å²) in [5.74, 6) is 1.98. The molecular formula is C15H21N5. The second-order valence-electron chi connectivity index (χ2n) is 4.97. The van der Waals surface area contributed by atoms with Gasteiger partial charge in [-0.3, -0.25) is 0 Å². The molecule has 0 unspecified atom stereocenters. The van der Waals surface area contributed by atoms with Crippen molar-refractivity contribution in [2.24, 2.45) is 0 Å². The van der Waals surface area contributed by atoms with Crippen molar-refractivity contribution in [3.05, 3.63) is 29.8 Å². The molecule has 0 fully saturated rings. The molecule has 106 valence electrons. The third-order valence-corrected chi connectivity index (χ3v) is 2.87. The van der Waals surface area contributed by atoms with Crippen LogP contribution in [0.2, 0.25) is 0 Å². The van der Waals surface area contributed by atoms with Crippen LogP contribution in [0.3, 0.4) is 0 Å². The van der Waals surface area contributed by atoms with Crippen molar-refractivity contribution in [2.75, 3.05) is 30.9 Å². The quantitative estimate of drug-likeness (QED) is 0.906. The molecule has 0 bridgehead atoms. The Hall–Kier alpha value is -2.17. The maximum absolute atomic E-state index is 4.50. The summed E-state index contributed by atoms with van der Waals surface area (Å²) in [5.41, 5.74) is 2.22. The summed E-state index contributed by atoms with van der Waals surface area (Å²) in [7, 11) is 3.86. The molecule has 0 amide bonds. The molecule has 0 radical (unpaired) electrons. The Morgan fingerprint density at radius 1 is 1.05 bits per heavy atom. The molecule has 0 spiro atoms. The highest BCUT2D eigenvalue weighted by atomic mass is 15.3. The molecule has 5 nitrogen and oxygen atoms in total. The van der Waals surface area contributed by atoms with Crippen LogP contribution in [0.5, 0.6) is 0 Å². The monoisotopic (exact) mass is 271 g/mol. The van der Waals surface area contributed by atoms with Crippen LogP contribution in [0.1, 0.15) is 18.9 Å². The molecule has 1 heterocycles. The lowest BCUT2D eigenvalue weighted by Gasteiger charge is -2.13. The molecular weight excluding hydrogens is 250 g/mol. The molecule has 0 aliphatic heterocycles. The van der Waals surface area contributed by atoms with Crippen molar-refractivity contribution >= 4 is 11.9 Å². The number of rotatable bonds is 5. The topological polar surface area (TPSA) is 53.9 Å². The van der Waals surface area contributed by atoms with Gasteiger partial charge in [-0.15, -0.1) is 0 Å². The number of nitrogens with zero attached hydrogens (tertiary/aromatic N) is 4. The zero-order valence-electron chi connectivity index (χ0n) is 12.5. The molecule has 2 aromatic rings. The van der Waals surface area contributed by atoms with Crippen LogP contribution < -0.4 is 10.2 Å². The Balaban J connectivity index is 2.40. The molecule has 2 rings (SSSR count). The van der Waals surface area contributed by atoms with E-state index in [-0.39, 0.29) is 0 Å². The van der Waals surface area contributed by atoms with Crippen molar-refractivity contribution in [3.8, 4) is 11.4 Å². The van der Waals surface area contributed by atoms with Crippen molar-refractivity contribution in [1.29, 1.82) is 0 Å². The minimum atomic E-state index is 0.626. The van der Waals surface area contributed by atoms with Crippen LogP contribution in [0, 0.1) is 6.92 Å². The minimum Gasteiger partial charge on any atom is -0.354 e. The molecule has 0 aliphatic carbocycles. The average molecular weight is 271 g/mol. The number of benzene rings is 1. The average Bonchev–Trinajstić information content (AvgIpc) is 2.45. The fourth-order valence-corrected chi connectivity index (χ4v) is 1.71. The highest BCUT2D eigenvalue weighted by molar-refractivity contribution is 5.58. The lowest BCUT2D eigenvalue weighted by Crippen LogP contribution is -2.16. The van der Waals surface area contributed by atoms with E-state index in [2.05, 4.69) is 46.2 Å². The van der Waals surface area contributed by atoms with Crippen LogP contribution in [-0.2, 0) is 0 Å². The summed E-state index contributed by atoms with van der Waals surface area (Å²) in [5, 5.41) is 3.22. The van der Waals surface area contributed by atoms with Gasteiger partial charge in [0.25, 0.3) is 0 Å². The first-order valence-corrected chi connectivity index (χ1v) is 6.84. The van der Waals surface area contributed by atoms with Gasteiger partial charge in [0.15, 0.2) is 5.82 Å². The third kappa shape index (κ3) is 3.44. The van der Waals surface area contributed by atoms with Crippen molar-refractivity contribution in [1.82, 2.24) is 15.0 Å². The standard InChI is InChI=1S/C15H21N5/c1-5-10-16-14-17-13(18-15(19-14)20(3)4)12-8-6-11(2)7-9-12/h6-9H,5,10H2,1-4H3,(H,16,17,18,19). The van der Waals surface area contributed by atoms with Crippen LogP contribution in [-0.4, -0.2) is 35.6 Å². The first kappa shape index (κ1) is 14.2. The first-order chi connectivity index (χ1) is 9.60. The number of hydrogen-bond acceptors (Lipinski definition) is 5. The number of nitrogens with one attached hydrogen (secondary N) is 1. The summed E-state index contributed by atoms with van der Waals surface area (Å²) in [6.45, 7) is 5.03. The zero-order chi connectivity index (χ0) is 14.5. The van der Waals surface area contributed by atoms with E-state index in [0.717, 1.165) is 18.5 Å². The summed E-state index contributed by atoms with van der Waals surface area (Å²) in [4.78, 5) is 15.3. The van der Waals surface area contributed by atoms with Crippen molar-refractivity contribution in [2.45, 2.75) is 20.3 Å². The smallest absolute Gasteiger partial charge is 0.230 e. The molecule has 1 aromatic heterocycles. The maximum atomic E-state index is 4.50. The summed E-state index contributed by atoms with van der Waals surface area (Å²) in [6, 6.07) is 8.20. The largest absolute Gasteiger partial charge is 0.354 e. The van der Waals surface area contributed by atoms with Crippen molar-refractivity contribution in [3.63, 3.8) is 0 Å². The normalized spacial score (nSPS) is 10.4. The van der Waals surface area contributed by atoms with E-state index < -0.39 is 0 Å². The Bertz CT molecular complexity index is 563. The van der Waals surface area contributed by atoms with Gasteiger partial charge in [-0.25, -0.2) is 0 Å². The van der Waals surface area contributed by atoms with Gasteiger partial charge in [-0.2, -0.15) is 15.0 Å². The number of hydrogen-bond donors (Lipinski definition) is 1. The predicted octanol–water partition coefficient (Wildman–Crippen LogP) is 2.73. The first-order valence-electron chi connectivity index (χ1n) is 6.84. The Labute approximate surface area is 120 Å². The lowest BCUT2D eigenvalue weighted by atomic mass is 10.1. The highest BCUT2D eigenvalue weighted by Gasteiger charge is 2.09. The number of aromatic nitrogens is 3. The molecule has 1 N–H and O–H groups in total. The number of aryl methyl sites for hydroxylation is 1. The van der Waals surface area contributed by atoms with E-state index in [9.17, 15) is 0 Å². The summed E-state index contributed by atoms with van der Waals surface area (Å²) in [6.07, 6.45) is 1.03. The van der Waals surface area contributed by atoms with E-state index >= 15 is 0 Å². The van der Waals surface area contributed by atoms with Gasteiger partial charge in [0.05, 0.1) is 0 Å². The molecule has 20 heavy (non-hydrogen) atoms. The van der Waals surface area contributed by atoms with E-state index in [0.29, 0.717) is 17.7 Å². The molecule has 5 heteroatoms. The molecule has 1 aromatic carbocycles. The molecule has 0 aliphatic rings. The van der Waals surface area contributed by atoms with Gasteiger partial charge >= 0.3 is 0 Å². The SMILES string of the molecule is CCCNc1nc(-c2ccc(C)cc2)nc(N(C)C)n1. The van der Waals surface area contributed by atoms with Crippen LogP contribution >= 0.6 is 0 Å². The second-order valence-corrected chi connectivity index (χ2v) is 4.97. The highest BCUT2D eigenvalue weighted by Crippen LogP contribution is 2.19. The van der Waals surface area contributed by atoms with E-state index in [4.69, 9.17) is 0 Å². The fourth-order valence-electron chi connectivity index (χ4n) is 1.71. The lowest BCUT2D eigenvalue weighted by molar-refractivity contribution is 0.920. The van der Waals surface area contributed by atoms with Crippen LogP contribution in [0.4, 0.5) is 11.9 Å². The van der Waals surface area contributed by atoms with Crippen LogP contribution in [0.15, 0.2) is 24.3 Å². The van der Waals surface area contributed by atoms with Gasteiger partial charge in [0, 0.05) is 26.2 Å². The van der Waals surface area contributed by atoms with E-state index in [1.165, 1.54) is 5.56 Å². The van der Waals surface area contributed by atoms with Gasteiger partial charge in [0.2, 0.25) is 11.9 Å².